The molecule has 0 N–H and O–H groups in total. The van der Waals surface area contributed by atoms with E-state index in [2.05, 4.69) is 20.8 Å². The van der Waals surface area contributed by atoms with E-state index in [1.165, 1.54) is 19.3 Å². The molecule has 48 valence electrons. The molecule has 0 bridgehead atoms. The third kappa shape index (κ3) is 3.06. The van der Waals surface area contributed by atoms with Gasteiger partial charge in [-0.05, 0) is 25.2 Å². The van der Waals surface area contributed by atoms with Gasteiger partial charge in [0.2, 0.25) is 0 Å². The highest BCUT2D eigenvalue weighted by Crippen LogP contribution is 2.15. The highest BCUT2D eigenvalue weighted by Gasteiger charge is 1.99. The Kier molecular flexibility index (Phi) is 5.14. The standard InChI is InChI=1S/C8H16/c1-4-7-8(5-2)6-3/h1,4-7H2,2-3H3. The van der Waals surface area contributed by atoms with E-state index in [0.717, 1.165) is 6.42 Å². The van der Waals surface area contributed by atoms with Crippen molar-refractivity contribution in [3.8, 4) is 0 Å². The molecule has 0 aliphatic rings. The second-order valence-corrected chi connectivity index (χ2v) is 2.06. The maximum absolute atomic E-state index is 3.80. The lowest BCUT2D eigenvalue weighted by Gasteiger charge is -2.07. The first-order valence-corrected chi connectivity index (χ1v) is 3.47. The summed E-state index contributed by atoms with van der Waals surface area (Å²) in [6.07, 6.45) is 4.78. The van der Waals surface area contributed by atoms with Gasteiger partial charge in [0.05, 0.1) is 0 Å². The van der Waals surface area contributed by atoms with Crippen LogP contribution in [0, 0.1) is 12.8 Å². The summed E-state index contributed by atoms with van der Waals surface area (Å²) in [5.41, 5.74) is 0. The molecule has 0 amide bonds. The quantitative estimate of drug-likeness (QED) is 0.524. The lowest BCUT2D eigenvalue weighted by molar-refractivity contribution is 0.708. The lowest BCUT2D eigenvalue weighted by Crippen LogP contribution is -1.91. The van der Waals surface area contributed by atoms with Crippen molar-refractivity contribution in [1.82, 2.24) is 0 Å². The predicted molar refractivity (Wildman–Crippen MR) is 38.4 cm³/mol. The molecule has 0 aromatic rings. The summed E-state index contributed by atoms with van der Waals surface area (Å²) in [4.78, 5) is 0. The summed E-state index contributed by atoms with van der Waals surface area (Å²) in [7, 11) is 0. The van der Waals surface area contributed by atoms with Crippen LogP contribution in [0.15, 0.2) is 0 Å². The van der Waals surface area contributed by atoms with Crippen molar-refractivity contribution < 1.29 is 0 Å². The van der Waals surface area contributed by atoms with Crippen LogP contribution in [0.2, 0.25) is 0 Å². The van der Waals surface area contributed by atoms with Crippen LogP contribution in [0.5, 0.6) is 0 Å². The van der Waals surface area contributed by atoms with E-state index in [-0.39, 0.29) is 0 Å². The second kappa shape index (κ2) is 5.14. The SMILES string of the molecule is [CH2]CC[C](CC)CC. The van der Waals surface area contributed by atoms with Gasteiger partial charge in [0.15, 0.2) is 0 Å². The second-order valence-electron chi connectivity index (χ2n) is 2.06. The molecule has 0 saturated carbocycles. The van der Waals surface area contributed by atoms with E-state index in [4.69, 9.17) is 0 Å². The molecule has 0 fully saturated rings. The lowest BCUT2D eigenvalue weighted by atomic mass is 9.98. The third-order valence-electron chi connectivity index (χ3n) is 1.53. The van der Waals surface area contributed by atoms with Crippen LogP contribution in [0.3, 0.4) is 0 Å². The van der Waals surface area contributed by atoms with Crippen molar-refractivity contribution in [1.29, 1.82) is 0 Å². The predicted octanol–water partition coefficient (Wildman–Crippen LogP) is 3.00. The summed E-state index contributed by atoms with van der Waals surface area (Å²) in [6.45, 7) is 8.23. The van der Waals surface area contributed by atoms with Gasteiger partial charge in [-0.15, -0.1) is 0 Å². The first kappa shape index (κ1) is 8.00. The minimum Gasteiger partial charge on any atom is -0.0648 e. The van der Waals surface area contributed by atoms with Crippen LogP contribution in [0.1, 0.15) is 39.5 Å². The molecule has 0 atom stereocenters. The molecular formula is C8H16. The zero-order valence-corrected chi connectivity index (χ0v) is 6.04. The number of hydrogen-bond acceptors (Lipinski definition) is 0. The van der Waals surface area contributed by atoms with E-state index >= 15 is 0 Å². The normalized spacial score (nSPS) is 10.5. The van der Waals surface area contributed by atoms with Crippen molar-refractivity contribution in [2.45, 2.75) is 39.5 Å². The Morgan fingerprint density at radius 2 is 1.75 bits per heavy atom. The van der Waals surface area contributed by atoms with Gasteiger partial charge in [-0.1, -0.05) is 27.2 Å². The van der Waals surface area contributed by atoms with Crippen LogP contribution in [-0.4, -0.2) is 0 Å². The fourth-order valence-electron chi connectivity index (χ4n) is 0.854. The fourth-order valence-corrected chi connectivity index (χ4v) is 0.854. The zero-order chi connectivity index (χ0) is 6.41. The highest BCUT2D eigenvalue weighted by atomic mass is 14.0. The first-order chi connectivity index (χ1) is 3.85. The van der Waals surface area contributed by atoms with Crippen molar-refractivity contribution in [2.24, 2.45) is 0 Å². The highest BCUT2D eigenvalue weighted by molar-refractivity contribution is 4.85. The van der Waals surface area contributed by atoms with Crippen LogP contribution in [0.4, 0.5) is 0 Å². The summed E-state index contributed by atoms with van der Waals surface area (Å²) in [6, 6.07) is 0. The zero-order valence-electron chi connectivity index (χ0n) is 6.04. The average molecular weight is 112 g/mol. The minimum atomic E-state index is 1.07. The topological polar surface area (TPSA) is 0 Å². The van der Waals surface area contributed by atoms with Gasteiger partial charge in [0, 0.05) is 0 Å². The monoisotopic (exact) mass is 112 g/mol. The van der Waals surface area contributed by atoms with Gasteiger partial charge < -0.3 is 0 Å². The molecule has 0 saturated heterocycles. The molecule has 8 heavy (non-hydrogen) atoms. The summed E-state index contributed by atoms with van der Waals surface area (Å²) in [5, 5.41) is 0. The van der Waals surface area contributed by atoms with Gasteiger partial charge in [-0.25, -0.2) is 0 Å². The van der Waals surface area contributed by atoms with E-state index in [0.29, 0.717) is 0 Å². The van der Waals surface area contributed by atoms with Gasteiger partial charge in [0.25, 0.3) is 0 Å². The Balaban J connectivity index is 3.07. The van der Waals surface area contributed by atoms with Crippen molar-refractivity contribution in [3.05, 3.63) is 12.8 Å². The minimum absolute atomic E-state index is 1.07. The van der Waals surface area contributed by atoms with Crippen LogP contribution in [0.25, 0.3) is 0 Å². The van der Waals surface area contributed by atoms with Crippen molar-refractivity contribution in [2.75, 3.05) is 0 Å². The molecule has 0 rings (SSSR count). The average Bonchev–Trinajstić information content (AvgIpc) is 1.83. The molecule has 0 aromatic carbocycles. The smallest absolute Gasteiger partial charge is 0.0246 e. The van der Waals surface area contributed by atoms with Crippen molar-refractivity contribution >= 4 is 0 Å². The fraction of sp³-hybridized carbons (Fsp3) is 0.750. The summed E-state index contributed by atoms with van der Waals surface area (Å²) in [5.74, 6) is 1.65. The molecule has 0 nitrogen and oxygen atoms in total. The van der Waals surface area contributed by atoms with Gasteiger partial charge in [-0.2, -0.15) is 0 Å². The molecule has 0 aliphatic carbocycles. The summed E-state index contributed by atoms with van der Waals surface area (Å²) < 4.78 is 0. The molecule has 2 radical (unpaired) electrons. The van der Waals surface area contributed by atoms with Crippen LogP contribution < -0.4 is 0 Å². The third-order valence-corrected chi connectivity index (χ3v) is 1.53. The Bertz CT molecular complexity index is 35.3. The Labute approximate surface area is 53.3 Å². The maximum Gasteiger partial charge on any atom is -0.0246 e. The van der Waals surface area contributed by atoms with Gasteiger partial charge in [-0.3, -0.25) is 0 Å². The van der Waals surface area contributed by atoms with Crippen LogP contribution in [-0.2, 0) is 0 Å². The molecule has 0 unspecified atom stereocenters. The summed E-state index contributed by atoms with van der Waals surface area (Å²) >= 11 is 0. The Morgan fingerprint density at radius 1 is 1.25 bits per heavy atom. The van der Waals surface area contributed by atoms with E-state index in [9.17, 15) is 0 Å². The van der Waals surface area contributed by atoms with Gasteiger partial charge in [0.1, 0.15) is 0 Å². The molecular weight excluding hydrogens is 96.1 g/mol. The molecule has 0 aliphatic heterocycles. The largest absolute Gasteiger partial charge is 0.0648 e. The van der Waals surface area contributed by atoms with Crippen molar-refractivity contribution in [3.63, 3.8) is 0 Å². The molecule has 0 heterocycles. The van der Waals surface area contributed by atoms with E-state index < -0.39 is 0 Å². The molecule has 0 spiro atoms. The first-order valence-electron chi connectivity index (χ1n) is 3.47. The van der Waals surface area contributed by atoms with E-state index in [1.54, 1.807) is 5.92 Å². The number of hydrogen-bond donors (Lipinski definition) is 0. The van der Waals surface area contributed by atoms with E-state index in [1.807, 2.05) is 0 Å². The van der Waals surface area contributed by atoms with Crippen LogP contribution >= 0.6 is 0 Å². The molecule has 0 aromatic heterocycles. The number of rotatable bonds is 4. The molecule has 0 heteroatoms. The Hall–Kier alpha value is 0. The van der Waals surface area contributed by atoms with Gasteiger partial charge >= 0.3 is 0 Å². The Morgan fingerprint density at radius 3 is 1.88 bits per heavy atom. The maximum atomic E-state index is 3.80.